The number of aromatic nitrogens is 2. The standard InChI is InChI=1S/2C26H20N4O3/c2*1-33-23-17-21(29-30-24-9-5-6-16-27-24)14-15-22(23)28-26(32)20-12-10-19(11-13-20)25(31)18-7-3-2-4-8-18/h2*2-17H,1H3,(H,28,32). The molecular formula is C52H40N8O6. The number of nitrogens with one attached hydrogen (secondary N) is 2. The van der Waals surface area contributed by atoms with E-state index >= 15 is 0 Å². The molecule has 14 nitrogen and oxygen atoms in total. The zero-order valence-corrected chi connectivity index (χ0v) is 35.6. The van der Waals surface area contributed by atoms with E-state index in [1.54, 1.807) is 146 Å². The van der Waals surface area contributed by atoms with Gasteiger partial charge in [0.1, 0.15) is 11.5 Å². The third-order valence-corrected chi connectivity index (χ3v) is 9.59. The van der Waals surface area contributed by atoms with Gasteiger partial charge in [0.15, 0.2) is 23.2 Å². The van der Waals surface area contributed by atoms with E-state index in [2.05, 4.69) is 41.1 Å². The Kier molecular flexibility index (Phi) is 15.0. The Labute approximate surface area is 379 Å². The molecular weight excluding hydrogens is 833 g/mol. The Morgan fingerprint density at radius 1 is 0.394 bits per heavy atom. The first kappa shape index (κ1) is 44.7. The summed E-state index contributed by atoms with van der Waals surface area (Å²) < 4.78 is 10.8. The molecule has 324 valence electrons. The molecule has 0 fully saturated rings. The van der Waals surface area contributed by atoms with Crippen molar-refractivity contribution in [3.63, 3.8) is 0 Å². The van der Waals surface area contributed by atoms with Gasteiger partial charge < -0.3 is 20.1 Å². The number of azo groups is 2. The number of nitrogens with zero attached hydrogens (tertiary/aromatic N) is 6. The molecule has 0 atom stereocenters. The number of methoxy groups -OCH3 is 2. The van der Waals surface area contributed by atoms with E-state index in [4.69, 9.17) is 9.47 Å². The Hall–Kier alpha value is -9.30. The summed E-state index contributed by atoms with van der Waals surface area (Å²) in [6.45, 7) is 0. The fraction of sp³-hybridized carbons (Fsp3) is 0.0385. The molecule has 66 heavy (non-hydrogen) atoms. The van der Waals surface area contributed by atoms with Crippen molar-refractivity contribution in [3.05, 3.63) is 228 Å². The largest absolute Gasteiger partial charge is 0.494 e. The van der Waals surface area contributed by atoms with Crippen LogP contribution in [-0.2, 0) is 0 Å². The molecule has 8 rings (SSSR count). The molecule has 0 saturated heterocycles. The number of amides is 2. The van der Waals surface area contributed by atoms with Crippen LogP contribution in [0.15, 0.2) is 215 Å². The van der Waals surface area contributed by atoms with E-state index in [1.165, 1.54) is 14.2 Å². The van der Waals surface area contributed by atoms with Crippen LogP contribution >= 0.6 is 0 Å². The highest BCUT2D eigenvalue weighted by Gasteiger charge is 2.15. The van der Waals surface area contributed by atoms with Gasteiger partial charge in [-0.2, -0.15) is 0 Å². The van der Waals surface area contributed by atoms with Crippen molar-refractivity contribution in [1.29, 1.82) is 0 Å². The highest BCUT2D eigenvalue weighted by atomic mass is 16.5. The van der Waals surface area contributed by atoms with Crippen molar-refractivity contribution < 1.29 is 28.7 Å². The highest BCUT2D eigenvalue weighted by molar-refractivity contribution is 6.11. The molecule has 0 radical (unpaired) electrons. The second kappa shape index (κ2) is 22.2. The van der Waals surface area contributed by atoms with Crippen LogP contribution in [0.2, 0.25) is 0 Å². The Morgan fingerprint density at radius 3 is 1.09 bits per heavy atom. The average molecular weight is 873 g/mol. The fourth-order valence-electron chi connectivity index (χ4n) is 6.18. The lowest BCUT2D eigenvalue weighted by Crippen LogP contribution is -2.13. The van der Waals surface area contributed by atoms with Crippen molar-refractivity contribution >= 4 is 57.8 Å². The van der Waals surface area contributed by atoms with Gasteiger partial charge in [-0.25, -0.2) is 9.97 Å². The van der Waals surface area contributed by atoms with Gasteiger partial charge in [0, 0.05) is 57.9 Å². The Morgan fingerprint density at radius 2 is 0.742 bits per heavy atom. The van der Waals surface area contributed by atoms with Crippen LogP contribution < -0.4 is 20.1 Å². The van der Waals surface area contributed by atoms with Crippen molar-refractivity contribution in [2.75, 3.05) is 24.9 Å². The number of ether oxygens (including phenoxy) is 2. The van der Waals surface area contributed by atoms with E-state index in [0.717, 1.165) is 0 Å². The molecule has 0 unspecified atom stereocenters. The highest BCUT2D eigenvalue weighted by Crippen LogP contribution is 2.32. The Balaban J connectivity index is 0.000000196. The summed E-state index contributed by atoms with van der Waals surface area (Å²) in [6.07, 6.45) is 3.27. The summed E-state index contributed by atoms with van der Waals surface area (Å²) in [5.41, 5.74) is 5.14. The van der Waals surface area contributed by atoms with Crippen LogP contribution in [0.25, 0.3) is 0 Å². The third kappa shape index (κ3) is 12.0. The minimum Gasteiger partial charge on any atom is -0.494 e. The molecule has 0 saturated carbocycles. The predicted molar refractivity (Wildman–Crippen MR) is 251 cm³/mol. The van der Waals surface area contributed by atoms with E-state index in [9.17, 15) is 19.2 Å². The molecule has 8 aromatic rings. The van der Waals surface area contributed by atoms with Crippen molar-refractivity contribution in [2.24, 2.45) is 20.5 Å². The second-order valence-electron chi connectivity index (χ2n) is 14.0. The van der Waals surface area contributed by atoms with Gasteiger partial charge in [-0.15, -0.1) is 20.5 Å². The van der Waals surface area contributed by atoms with Gasteiger partial charge in [-0.3, -0.25) is 19.2 Å². The summed E-state index contributed by atoms with van der Waals surface area (Å²) in [6, 6.07) is 51.9. The number of hydrogen-bond donors (Lipinski definition) is 2. The van der Waals surface area contributed by atoms with Gasteiger partial charge in [-0.1, -0.05) is 97.1 Å². The maximum Gasteiger partial charge on any atom is 0.255 e. The van der Waals surface area contributed by atoms with Crippen LogP contribution in [-0.4, -0.2) is 47.6 Å². The first-order valence-electron chi connectivity index (χ1n) is 20.3. The van der Waals surface area contributed by atoms with Crippen molar-refractivity contribution in [1.82, 2.24) is 9.97 Å². The molecule has 2 heterocycles. The lowest BCUT2D eigenvalue weighted by molar-refractivity contribution is 0.101. The van der Waals surface area contributed by atoms with Gasteiger partial charge in [0.05, 0.1) is 37.0 Å². The molecule has 6 aromatic carbocycles. The van der Waals surface area contributed by atoms with Crippen LogP contribution in [0.5, 0.6) is 11.5 Å². The van der Waals surface area contributed by atoms with E-state index < -0.39 is 0 Å². The molecule has 2 N–H and O–H groups in total. The topological polar surface area (TPSA) is 186 Å². The first-order valence-corrected chi connectivity index (χ1v) is 20.3. The average Bonchev–Trinajstić information content (AvgIpc) is 3.39. The monoisotopic (exact) mass is 872 g/mol. The molecule has 0 bridgehead atoms. The van der Waals surface area contributed by atoms with Crippen molar-refractivity contribution in [3.8, 4) is 11.5 Å². The third-order valence-electron chi connectivity index (χ3n) is 9.59. The molecule has 0 aliphatic heterocycles. The smallest absolute Gasteiger partial charge is 0.255 e. The molecule has 0 aliphatic rings. The maximum atomic E-state index is 12.7. The number of pyridine rings is 2. The quantitative estimate of drug-likeness (QED) is 0.0798. The van der Waals surface area contributed by atoms with E-state index in [0.29, 0.717) is 79.3 Å². The summed E-state index contributed by atoms with van der Waals surface area (Å²) in [5.74, 6) is 1.02. The van der Waals surface area contributed by atoms with E-state index in [1.807, 2.05) is 48.5 Å². The normalized spacial score (nSPS) is 10.7. The molecule has 2 amide bonds. The molecule has 0 aliphatic carbocycles. The summed E-state index contributed by atoms with van der Waals surface area (Å²) in [4.78, 5) is 58.7. The van der Waals surface area contributed by atoms with Gasteiger partial charge in [0.2, 0.25) is 0 Å². The number of carbonyl (C=O) groups is 4. The lowest BCUT2D eigenvalue weighted by atomic mass is 10.0. The van der Waals surface area contributed by atoms with Gasteiger partial charge >= 0.3 is 0 Å². The predicted octanol–water partition coefficient (Wildman–Crippen LogP) is 12.0. The van der Waals surface area contributed by atoms with Gasteiger partial charge in [-0.05, 0) is 72.8 Å². The zero-order chi connectivity index (χ0) is 46.1. The number of carbonyl (C=O) groups excluding carboxylic acids is 4. The minimum absolute atomic E-state index is 0.0975. The summed E-state index contributed by atoms with van der Waals surface area (Å²) in [7, 11) is 3.02. The number of hydrogen-bond acceptors (Lipinski definition) is 12. The molecule has 14 heteroatoms. The number of ketones is 2. The number of benzene rings is 6. The zero-order valence-electron chi connectivity index (χ0n) is 35.6. The van der Waals surface area contributed by atoms with Crippen LogP contribution in [0.3, 0.4) is 0 Å². The lowest BCUT2D eigenvalue weighted by Gasteiger charge is -2.11. The molecule has 0 spiro atoms. The fourth-order valence-corrected chi connectivity index (χ4v) is 6.18. The van der Waals surface area contributed by atoms with Crippen molar-refractivity contribution in [2.45, 2.75) is 0 Å². The number of rotatable bonds is 14. The first-order chi connectivity index (χ1) is 32.3. The van der Waals surface area contributed by atoms with Crippen LogP contribution in [0, 0.1) is 0 Å². The number of anilines is 2. The minimum atomic E-state index is -0.324. The Bertz CT molecular complexity index is 2780. The van der Waals surface area contributed by atoms with Gasteiger partial charge in [0.25, 0.3) is 11.8 Å². The second-order valence-corrected chi connectivity index (χ2v) is 14.0. The van der Waals surface area contributed by atoms with Crippen LogP contribution in [0.1, 0.15) is 52.6 Å². The summed E-state index contributed by atoms with van der Waals surface area (Å²) in [5, 5.41) is 22.1. The SMILES string of the molecule is COc1cc(N=Nc2ccccn2)ccc1NC(=O)c1ccc(C(=O)c2ccccc2)cc1.COc1cc(N=Nc2ccccn2)ccc1NC(=O)c1ccc(C(=O)c2ccccc2)cc1. The maximum absolute atomic E-state index is 12.7. The molecule has 2 aromatic heterocycles. The van der Waals surface area contributed by atoms with Crippen LogP contribution in [0.4, 0.5) is 34.4 Å². The van der Waals surface area contributed by atoms with E-state index in [-0.39, 0.29) is 23.4 Å². The summed E-state index contributed by atoms with van der Waals surface area (Å²) >= 11 is 0.